The van der Waals surface area contributed by atoms with Crippen LogP contribution in [0.15, 0.2) is 0 Å². The van der Waals surface area contributed by atoms with Gasteiger partial charge in [-0.05, 0) is 26.4 Å². The molecule has 1 aliphatic heterocycles. The average molecular weight is 252 g/mol. The lowest BCUT2D eigenvalue weighted by atomic mass is 10.2. The number of nitrogens with zero attached hydrogens (tertiary/aromatic N) is 5. The minimum Gasteiger partial charge on any atom is -0.467 e. The summed E-state index contributed by atoms with van der Waals surface area (Å²) in [6.07, 6.45) is 2.45. The molecule has 0 aliphatic carbocycles. The van der Waals surface area contributed by atoms with E-state index >= 15 is 0 Å². The van der Waals surface area contributed by atoms with E-state index in [1.807, 2.05) is 11.9 Å². The first-order chi connectivity index (χ1) is 8.60. The number of methoxy groups -OCH3 is 1. The zero-order valence-corrected chi connectivity index (χ0v) is 11.1. The summed E-state index contributed by atoms with van der Waals surface area (Å²) in [5.74, 6) is 0.739. The number of nitrogens with two attached hydrogens (primary N) is 1. The Balaban J connectivity index is 2.08. The highest BCUT2D eigenvalue weighted by Gasteiger charge is 2.23. The third-order valence-corrected chi connectivity index (χ3v) is 3.30. The highest BCUT2D eigenvalue weighted by Crippen LogP contribution is 2.18. The van der Waals surface area contributed by atoms with Gasteiger partial charge in [-0.3, -0.25) is 0 Å². The van der Waals surface area contributed by atoms with Crippen molar-refractivity contribution in [1.82, 2.24) is 19.9 Å². The molecule has 0 amide bonds. The molecule has 0 radical (unpaired) electrons. The fraction of sp³-hybridized carbons (Fsp3) is 0.727. The van der Waals surface area contributed by atoms with Crippen LogP contribution >= 0.6 is 0 Å². The number of anilines is 2. The van der Waals surface area contributed by atoms with E-state index in [1.54, 1.807) is 0 Å². The summed E-state index contributed by atoms with van der Waals surface area (Å²) in [5, 5.41) is 0. The third-order valence-electron chi connectivity index (χ3n) is 3.30. The lowest BCUT2D eigenvalue weighted by molar-refractivity contribution is 0.313. The fourth-order valence-electron chi connectivity index (χ4n) is 2.23. The van der Waals surface area contributed by atoms with Crippen LogP contribution in [0.1, 0.15) is 12.8 Å². The second-order valence-electron chi connectivity index (χ2n) is 4.64. The van der Waals surface area contributed by atoms with E-state index < -0.39 is 0 Å². The molecule has 100 valence electrons. The Morgan fingerprint density at radius 1 is 1.44 bits per heavy atom. The zero-order valence-electron chi connectivity index (χ0n) is 11.1. The molecule has 7 nitrogen and oxygen atoms in total. The molecule has 1 aliphatic rings. The van der Waals surface area contributed by atoms with Crippen molar-refractivity contribution >= 4 is 11.9 Å². The summed E-state index contributed by atoms with van der Waals surface area (Å²) in [7, 11) is 5.62. The molecule has 0 aromatic carbocycles. The first-order valence-corrected chi connectivity index (χ1v) is 6.07. The molecule has 1 fully saturated rings. The number of hydrogen-bond acceptors (Lipinski definition) is 7. The molecule has 18 heavy (non-hydrogen) atoms. The third kappa shape index (κ3) is 2.79. The van der Waals surface area contributed by atoms with E-state index in [2.05, 4.69) is 26.9 Å². The highest BCUT2D eigenvalue weighted by molar-refractivity contribution is 5.35. The molecule has 1 unspecified atom stereocenters. The van der Waals surface area contributed by atoms with Crippen molar-refractivity contribution in [2.45, 2.75) is 18.9 Å². The molecule has 1 saturated heterocycles. The second kappa shape index (κ2) is 5.34. The van der Waals surface area contributed by atoms with E-state index in [0.29, 0.717) is 12.0 Å². The van der Waals surface area contributed by atoms with E-state index in [9.17, 15) is 0 Å². The van der Waals surface area contributed by atoms with Crippen LogP contribution in [0, 0.1) is 0 Å². The Bertz CT molecular complexity index is 413. The SMILES string of the molecule is COc1nc(N)nc(N(C)CC2CCCN2C)n1. The van der Waals surface area contributed by atoms with Gasteiger partial charge in [0.25, 0.3) is 0 Å². The van der Waals surface area contributed by atoms with Gasteiger partial charge in [-0.2, -0.15) is 15.0 Å². The van der Waals surface area contributed by atoms with Crippen LogP contribution < -0.4 is 15.4 Å². The number of rotatable bonds is 4. The van der Waals surface area contributed by atoms with Crippen LogP contribution in [-0.2, 0) is 0 Å². The van der Waals surface area contributed by atoms with Crippen LogP contribution in [0.3, 0.4) is 0 Å². The average Bonchev–Trinajstić information content (AvgIpc) is 2.74. The Morgan fingerprint density at radius 3 is 2.83 bits per heavy atom. The number of likely N-dealkylation sites (tertiary alicyclic amines) is 1. The maximum Gasteiger partial charge on any atom is 0.322 e. The lowest BCUT2D eigenvalue weighted by Gasteiger charge is -2.25. The molecular weight excluding hydrogens is 232 g/mol. The molecule has 1 aromatic heterocycles. The van der Waals surface area contributed by atoms with E-state index in [1.165, 1.54) is 20.0 Å². The van der Waals surface area contributed by atoms with Gasteiger partial charge >= 0.3 is 6.01 Å². The number of hydrogen-bond donors (Lipinski definition) is 1. The summed E-state index contributed by atoms with van der Waals surface area (Å²) in [5.41, 5.74) is 5.63. The van der Waals surface area contributed by atoms with Crippen molar-refractivity contribution in [3.05, 3.63) is 0 Å². The quantitative estimate of drug-likeness (QED) is 0.807. The van der Waals surface area contributed by atoms with Crippen molar-refractivity contribution in [2.75, 3.05) is 44.9 Å². The summed E-state index contributed by atoms with van der Waals surface area (Å²) in [4.78, 5) is 16.6. The van der Waals surface area contributed by atoms with Gasteiger partial charge < -0.3 is 20.3 Å². The molecule has 0 spiro atoms. The van der Waals surface area contributed by atoms with Gasteiger partial charge in [0.15, 0.2) is 0 Å². The fourth-order valence-corrected chi connectivity index (χ4v) is 2.23. The van der Waals surface area contributed by atoms with Gasteiger partial charge in [0.1, 0.15) is 0 Å². The summed E-state index contributed by atoms with van der Waals surface area (Å²) < 4.78 is 5.00. The van der Waals surface area contributed by atoms with Gasteiger partial charge in [0.2, 0.25) is 11.9 Å². The monoisotopic (exact) mass is 252 g/mol. The lowest BCUT2D eigenvalue weighted by Crippen LogP contribution is -2.37. The number of aromatic nitrogens is 3. The van der Waals surface area contributed by atoms with Crippen LogP contribution in [-0.4, -0.2) is 60.2 Å². The van der Waals surface area contributed by atoms with Gasteiger partial charge in [0.05, 0.1) is 7.11 Å². The van der Waals surface area contributed by atoms with Crippen LogP contribution in [0.4, 0.5) is 11.9 Å². The van der Waals surface area contributed by atoms with Gasteiger partial charge in [-0.15, -0.1) is 0 Å². The van der Waals surface area contributed by atoms with E-state index in [-0.39, 0.29) is 12.0 Å². The van der Waals surface area contributed by atoms with Crippen LogP contribution in [0.5, 0.6) is 6.01 Å². The second-order valence-corrected chi connectivity index (χ2v) is 4.64. The van der Waals surface area contributed by atoms with Crippen molar-refractivity contribution in [3.8, 4) is 6.01 Å². The molecule has 2 N–H and O–H groups in total. The first-order valence-electron chi connectivity index (χ1n) is 6.07. The number of nitrogen functional groups attached to an aromatic ring is 1. The summed E-state index contributed by atoms with van der Waals surface area (Å²) in [6, 6.07) is 0.795. The molecule has 2 rings (SSSR count). The molecule has 7 heteroatoms. The highest BCUT2D eigenvalue weighted by atomic mass is 16.5. The van der Waals surface area contributed by atoms with Crippen molar-refractivity contribution in [1.29, 1.82) is 0 Å². The van der Waals surface area contributed by atoms with Gasteiger partial charge in [-0.1, -0.05) is 0 Å². The van der Waals surface area contributed by atoms with Crippen molar-refractivity contribution in [2.24, 2.45) is 0 Å². The Hall–Kier alpha value is -1.63. The number of ether oxygens (including phenoxy) is 1. The standard InChI is InChI=1S/C11H20N6O/c1-16-6-4-5-8(16)7-17(2)10-13-9(12)14-11(15-10)18-3/h8H,4-7H2,1-3H3,(H2,12,13,14,15). The maximum atomic E-state index is 5.63. The van der Waals surface area contributed by atoms with Crippen LogP contribution in [0.25, 0.3) is 0 Å². The molecule has 0 bridgehead atoms. The Morgan fingerprint density at radius 2 is 2.22 bits per heavy atom. The predicted octanol–water partition coefficient (Wildman–Crippen LogP) is -0.00720. The molecule has 1 aromatic rings. The predicted molar refractivity (Wildman–Crippen MR) is 69.7 cm³/mol. The molecular formula is C11H20N6O. The van der Waals surface area contributed by atoms with Crippen molar-refractivity contribution in [3.63, 3.8) is 0 Å². The minimum absolute atomic E-state index is 0.184. The minimum atomic E-state index is 0.184. The molecule has 2 heterocycles. The van der Waals surface area contributed by atoms with Gasteiger partial charge in [-0.25, -0.2) is 0 Å². The van der Waals surface area contributed by atoms with E-state index in [4.69, 9.17) is 10.5 Å². The summed E-state index contributed by atoms with van der Waals surface area (Å²) >= 11 is 0. The topological polar surface area (TPSA) is 80.4 Å². The zero-order chi connectivity index (χ0) is 13.1. The normalized spacial score (nSPS) is 20.1. The molecule has 0 saturated carbocycles. The Labute approximate surface area is 107 Å². The summed E-state index contributed by atoms with van der Waals surface area (Å²) in [6.45, 7) is 2.03. The largest absolute Gasteiger partial charge is 0.467 e. The van der Waals surface area contributed by atoms with Crippen LogP contribution in [0.2, 0.25) is 0 Å². The van der Waals surface area contributed by atoms with E-state index in [0.717, 1.165) is 13.1 Å². The maximum absolute atomic E-state index is 5.63. The smallest absolute Gasteiger partial charge is 0.322 e. The first kappa shape index (κ1) is 12.8. The number of likely N-dealkylation sites (N-methyl/N-ethyl adjacent to an activating group) is 2. The van der Waals surface area contributed by atoms with Crippen molar-refractivity contribution < 1.29 is 4.74 Å². The molecule has 1 atom stereocenters. The Kier molecular flexibility index (Phi) is 3.81. The van der Waals surface area contributed by atoms with Gasteiger partial charge in [0, 0.05) is 19.6 Å².